The van der Waals surface area contributed by atoms with Crippen molar-refractivity contribution in [1.82, 2.24) is 5.32 Å². The van der Waals surface area contributed by atoms with E-state index in [1.54, 1.807) is 6.08 Å². The molecule has 3 heterocycles. The van der Waals surface area contributed by atoms with Gasteiger partial charge in [-0.15, -0.1) is 0 Å². The second kappa shape index (κ2) is 56.2. The van der Waals surface area contributed by atoms with Crippen molar-refractivity contribution in [3.8, 4) is 0 Å². The molecule has 1 amide bonds. The second-order valence-electron chi connectivity index (χ2n) is 25.7. The van der Waals surface area contributed by atoms with Crippen LogP contribution in [0.2, 0.25) is 0 Å². The fraction of sp³-hybridized carbons (Fsp3) is 0.750. The summed E-state index contributed by atoms with van der Waals surface area (Å²) >= 11 is 0. The van der Waals surface area contributed by atoms with Gasteiger partial charge in [-0.1, -0.05) is 252 Å². The topological polar surface area (TPSA) is 307 Å². The van der Waals surface area contributed by atoms with Gasteiger partial charge in [-0.05, 0) is 83.5 Å². The molecule has 17 atom stereocenters. The number of amides is 1. The van der Waals surface area contributed by atoms with E-state index in [9.17, 15) is 61.0 Å². The predicted octanol–water partition coefficient (Wildman–Crippen LogP) is 10.6. The van der Waals surface area contributed by atoms with E-state index < -0.39 is 124 Å². The summed E-state index contributed by atoms with van der Waals surface area (Å²) in [6.07, 6.45) is 49.7. The molecule has 17 unspecified atom stereocenters. The second-order valence-corrected chi connectivity index (χ2v) is 25.7. The minimum atomic E-state index is -1.98. The number of ether oxygens (including phenoxy) is 6. The van der Waals surface area contributed by atoms with Crippen LogP contribution in [0, 0.1) is 0 Å². The maximum Gasteiger partial charge on any atom is 0.220 e. The highest BCUT2D eigenvalue weighted by molar-refractivity contribution is 5.76. The summed E-state index contributed by atoms with van der Waals surface area (Å²) in [6.45, 7) is 1.56. The van der Waals surface area contributed by atoms with E-state index in [2.05, 4.69) is 116 Å². The van der Waals surface area contributed by atoms with E-state index in [4.69, 9.17) is 28.4 Å². The molecule has 3 aliphatic rings. The summed E-state index contributed by atoms with van der Waals surface area (Å²) in [5.41, 5.74) is 0. The smallest absolute Gasteiger partial charge is 0.220 e. The first-order valence-corrected chi connectivity index (χ1v) is 36.6. The van der Waals surface area contributed by atoms with Crippen molar-refractivity contribution in [1.29, 1.82) is 0 Å². The van der Waals surface area contributed by atoms with Crippen molar-refractivity contribution in [2.24, 2.45) is 0 Å². The predicted molar refractivity (Wildman–Crippen MR) is 374 cm³/mol. The van der Waals surface area contributed by atoms with Gasteiger partial charge in [0.25, 0.3) is 0 Å². The number of carbonyl (C=O) groups excluding carboxylic acids is 1. The van der Waals surface area contributed by atoms with E-state index in [1.165, 1.54) is 109 Å². The Balaban J connectivity index is 1.27. The van der Waals surface area contributed by atoms with Crippen molar-refractivity contribution in [3.63, 3.8) is 0 Å². The number of nitrogens with one attached hydrogen (secondary N) is 1. The molecule has 0 saturated carbocycles. The molecule has 0 aromatic rings. The van der Waals surface area contributed by atoms with E-state index >= 15 is 0 Å². The minimum Gasteiger partial charge on any atom is -0.394 e. The van der Waals surface area contributed by atoms with Crippen LogP contribution in [-0.4, -0.2) is 193 Å². The minimum absolute atomic E-state index is 0.239. The third kappa shape index (κ3) is 37.5. The Kier molecular flexibility index (Phi) is 50.7. The van der Waals surface area contributed by atoms with Gasteiger partial charge in [0.15, 0.2) is 18.9 Å². The summed E-state index contributed by atoms with van der Waals surface area (Å²) < 4.78 is 34.3. The van der Waals surface area contributed by atoms with Gasteiger partial charge >= 0.3 is 0 Å². The molecule has 0 spiro atoms. The van der Waals surface area contributed by atoms with E-state index in [0.29, 0.717) is 6.42 Å². The summed E-state index contributed by atoms with van der Waals surface area (Å²) in [5, 5.41) is 120. The van der Waals surface area contributed by atoms with Crippen molar-refractivity contribution in [3.05, 3.63) is 109 Å². The standard InChI is InChI=1S/C76H129NO18/c1-3-5-7-9-11-13-14-15-16-17-18-19-20-21-22-23-24-25-26-27-28-29-30-31-32-33-34-35-36-37-38-39-40-41-42-43-44-46-48-50-52-54-64(82)77-59(60(81)53-51-49-47-45-12-10-8-6-4-2)58-90-74-70(88)67(85)72(62(56-79)92-74)95-76-71(89)68(86)73(63(57-80)93-76)94-75-69(87)66(84)65(83)61(55-78)91-75/h5,7,11,13,15-16,18-19,21-22,24-25,27-28,30-31,51,53,59-63,65-76,78-81,83-89H,3-4,6,8-10,12,14,17,20,23,26,29,32-50,52,54-58H2,1-2H3,(H,77,82)/b7-5-,13-11-,16-15-,19-18-,22-21-,25-24-,28-27-,31-30-,53-51+. The Morgan fingerprint density at radius 3 is 1.14 bits per heavy atom. The van der Waals surface area contributed by atoms with Crippen LogP contribution in [0.4, 0.5) is 0 Å². The Morgan fingerprint density at radius 1 is 0.389 bits per heavy atom. The van der Waals surface area contributed by atoms with Crippen LogP contribution in [0.5, 0.6) is 0 Å². The molecule has 95 heavy (non-hydrogen) atoms. The van der Waals surface area contributed by atoms with Crippen LogP contribution in [0.3, 0.4) is 0 Å². The maximum absolute atomic E-state index is 13.4. The number of hydrogen-bond donors (Lipinski definition) is 12. The molecular weight excluding hydrogens is 1210 g/mol. The van der Waals surface area contributed by atoms with Gasteiger partial charge < -0.3 is 89.9 Å². The number of carbonyl (C=O) groups is 1. The van der Waals surface area contributed by atoms with E-state index in [1.807, 2.05) is 6.08 Å². The van der Waals surface area contributed by atoms with Crippen LogP contribution >= 0.6 is 0 Å². The molecule has 3 fully saturated rings. The average Bonchev–Trinajstić information content (AvgIpc) is 0.797. The average molecular weight is 1340 g/mol. The fourth-order valence-corrected chi connectivity index (χ4v) is 11.7. The molecule has 19 nitrogen and oxygen atoms in total. The van der Waals surface area contributed by atoms with Crippen LogP contribution in [0.15, 0.2) is 109 Å². The zero-order chi connectivity index (χ0) is 68.9. The molecule has 3 rings (SSSR count). The van der Waals surface area contributed by atoms with Crippen molar-refractivity contribution >= 4 is 5.91 Å². The molecule has 19 heteroatoms. The van der Waals surface area contributed by atoms with Gasteiger partial charge in [0, 0.05) is 6.42 Å². The lowest BCUT2D eigenvalue weighted by molar-refractivity contribution is -0.379. The maximum atomic E-state index is 13.4. The van der Waals surface area contributed by atoms with Crippen molar-refractivity contribution in [2.75, 3.05) is 26.4 Å². The molecule has 0 aromatic carbocycles. The van der Waals surface area contributed by atoms with Gasteiger partial charge in [-0.2, -0.15) is 0 Å². The number of aliphatic hydroxyl groups is 11. The van der Waals surface area contributed by atoms with Gasteiger partial charge in [0.2, 0.25) is 5.91 Å². The van der Waals surface area contributed by atoms with Crippen molar-refractivity contribution in [2.45, 2.75) is 336 Å². The first-order chi connectivity index (χ1) is 46.3. The lowest BCUT2D eigenvalue weighted by Crippen LogP contribution is -2.66. The Labute approximate surface area is 570 Å². The number of unbranched alkanes of at least 4 members (excludes halogenated alkanes) is 23. The largest absolute Gasteiger partial charge is 0.394 e. The molecule has 12 N–H and O–H groups in total. The van der Waals surface area contributed by atoms with Gasteiger partial charge in [-0.25, -0.2) is 0 Å². The van der Waals surface area contributed by atoms with Crippen molar-refractivity contribution < 1.29 is 89.4 Å². The third-order valence-corrected chi connectivity index (χ3v) is 17.6. The molecule has 0 bridgehead atoms. The van der Waals surface area contributed by atoms with Gasteiger partial charge in [-0.3, -0.25) is 4.79 Å². The van der Waals surface area contributed by atoms with Gasteiger partial charge in [0.05, 0.1) is 38.6 Å². The van der Waals surface area contributed by atoms with E-state index in [-0.39, 0.29) is 18.9 Å². The number of hydrogen-bond acceptors (Lipinski definition) is 18. The molecule has 0 aliphatic carbocycles. The number of allylic oxidation sites excluding steroid dienone is 17. The summed E-state index contributed by atoms with van der Waals surface area (Å²) in [5.74, 6) is -0.281. The normalized spacial score (nSPS) is 27.9. The monoisotopic (exact) mass is 1340 g/mol. The summed E-state index contributed by atoms with van der Waals surface area (Å²) in [7, 11) is 0. The Bertz CT molecular complexity index is 2140. The highest BCUT2D eigenvalue weighted by Crippen LogP contribution is 2.33. The molecule has 3 aliphatic heterocycles. The summed E-state index contributed by atoms with van der Waals surface area (Å²) in [4.78, 5) is 13.4. The van der Waals surface area contributed by atoms with Crippen LogP contribution in [-0.2, 0) is 33.2 Å². The lowest BCUT2D eigenvalue weighted by atomic mass is 9.96. The zero-order valence-corrected chi connectivity index (χ0v) is 57.9. The number of aliphatic hydroxyl groups excluding tert-OH is 11. The third-order valence-electron chi connectivity index (χ3n) is 17.6. The molecule has 0 aromatic heterocycles. The highest BCUT2D eigenvalue weighted by atomic mass is 16.8. The number of rotatable bonds is 55. The fourth-order valence-electron chi connectivity index (χ4n) is 11.7. The van der Waals surface area contributed by atoms with Crippen LogP contribution in [0.1, 0.15) is 232 Å². The molecule has 3 saturated heterocycles. The first kappa shape index (κ1) is 85.7. The van der Waals surface area contributed by atoms with Gasteiger partial charge in [0.1, 0.15) is 73.2 Å². The lowest BCUT2D eigenvalue weighted by Gasteiger charge is -2.48. The molecular formula is C76H129NO18. The van der Waals surface area contributed by atoms with E-state index in [0.717, 1.165) is 96.3 Å². The Hall–Kier alpha value is -3.55. The summed E-state index contributed by atoms with van der Waals surface area (Å²) in [6, 6.07) is -0.975. The molecule has 0 radical (unpaired) electrons. The van der Waals surface area contributed by atoms with Crippen LogP contribution < -0.4 is 5.32 Å². The Morgan fingerprint density at radius 2 is 0.726 bits per heavy atom. The highest BCUT2D eigenvalue weighted by Gasteiger charge is 2.53. The zero-order valence-electron chi connectivity index (χ0n) is 57.9. The first-order valence-electron chi connectivity index (χ1n) is 36.6. The van der Waals surface area contributed by atoms with Crippen LogP contribution in [0.25, 0.3) is 0 Å². The quantitative estimate of drug-likeness (QED) is 0.0199. The molecule has 546 valence electrons. The SMILES string of the molecule is CC/C=C\C/C=C\C/C=C\C/C=C\C/C=C\C/C=C\C/C=C\C/C=C\CCCCCCCCCCCCCCCCCCC(=O)NC(COC1OC(CO)C(OC2OC(CO)C(OC3OC(CO)C(O)C(O)C3O)C(O)C2O)C(O)C1O)C(O)/C=C/CCCCCCCCC.